The first kappa shape index (κ1) is 16.2. The molecule has 0 saturated heterocycles. The van der Waals surface area contributed by atoms with E-state index in [1.165, 1.54) is 4.88 Å². The van der Waals surface area contributed by atoms with Gasteiger partial charge in [0.2, 0.25) is 8.32 Å². The summed E-state index contributed by atoms with van der Waals surface area (Å²) in [4.78, 5) is 1.19. The largest absolute Gasteiger partial charge is 0.544 e. The van der Waals surface area contributed by atoms with Gasteiger partial charge in [-0.1, -0.05) is 18.2 Å². The summed E-state index contributed by atoms with van der Waals surface area (Å²) < 4.78 is 5.93. The molecule has 1 aromatic heterocycles. The van der Waals surface area contributed by atoms with Crippen LogP contribution in [0.4, 0.5) is 0 Å². The van der Waals surface area contributed by atoms with Gasteiger partial charge in [-0.3, -0.25) is 0 Å². The van der Waals surface area contributed by atoms with E-state index in [9.17, 15) is 0 Å². The molecule has 0 fully saturated rings. The van der Waals surface area contributed by atoms with Crippen molar-refractivity contribution >= 4 is 32.1 Å². The SMILES string of the molecule is C[Si](C)(C)Oc1ccc([C@H](N)c2cccs2)cc1.Cl. The molecule has 0 bridgehead atoms. The smallest absolute Gasteiger partial charge is 0.242 e. The van der Waals surface area contributed by atoms with Crippen LogP contribution >= 0.6 is 23.7 Å². The van der Waals surface area contributed by atoms with E-state index in [1.54, 1.807) is 11.3 Å². The Hall–Kier alpha value is -0.813. The predicted octanol–water partition coefficient (Wildman–Crippen LogP) is 4.43. The van der Waals surface area contributed by atoms with Gasteiger partial charge in [0.1, 0.15) is 5.75 Å². The third-order valence-corrected chi connectivity index (χ3v) is 4.32. The van der Waals surface area contributed by atoms with Crippen molar-refractivity contribution in [2.75, 3.05) is 0 Å². The van der Waals surface area contributed by atoms with Crippen LogP contribution in [0.2, 0.25) is 19.6 Å². The molecule has 2 N–H and O–H groups in total. The summed E-state index contributed by atoms with van der Waals surface area (Å²) in [5, 5.41) is 2.05. The van der Waals surface area contributed by atoms with Crippen molar-refractivity contribution in [3.8, 4) is 5.75 Å². The molecule has 0 aliphatic heterocycles. The fourth-order valence-corrected chi connectivity index (χ4v) is 3.33. The Morgan fingerprint density at radius 2 is 1.74 bits per heavy atom. The quantitative estimate of drug-likeness (QED) is 0.847. The lowest BCUT2D eigenvalue weighted by atomic mass is 10.1. The van der Waals surface area contributed by atoms with Crippen LogP contribution in [0.1, 0.15) is 16.5 Å². The van der Waals surface area contributed by atoms with Crippen LogP contribution in [0.3, 0.4) is 0 Å². The van der Waals surface area contributed by atoms with Crippen molar-refractivity contribution in [2.45, 2.75) is 25.7 Å². The maximum absolute atomic E-state index is 6.22. The van der Waals surface area contributed by atoms with E-state index in [1.807, 2.05) is 18.2 Å². The molecule has 0 spiro atoms. The van der Waals surface area contributed by atoms with Gasteiger partial charge in [0.15, 0.2) is 0 Å². The molecule has 1 atom stereocenters. The molecule has 19 heavy (non-hydrogen) atoms. The highest BCUT2D eigenvalue weighted by molar-refractivity contribution is 7.10. The number of rotatable bonds is 4. The first-order valence-electron chi connectivity index (χ1n) is 6.04. The number of hydrogen-bond acceptors (Lipinski definition) is 3. The monoisotopic (exact) mass is 313 g/mol. The van der Waals surface area contributed by atoms with Gasteiger partial charge in [0, 0.05) is 4.88 Å². The standard InChI is InChI=1S/C14H19NOSSi.ClH/c1-18(2,3)16-12-8-6-11(7-9-12)14(15)13-5-4-10-17-13;/h4-10,14H,15H2,1-3H3;1H/t14-;/m0./s1. The second-order valence-electron chi connectivity index (χ2n) is 5.28. The third kappa shape index (κ3) is 4.65. The van der Waals surface area contributed by atoms with Crippen LogP contribution in [-0.4, -0.2) is 8.32 Å². The Morgan fingerprint density at radius 3 is 2.21 bits per heavy atom. The van der Waals surface area contributed by atoms with E-state index in [-0.39, 0.29) is 18.4 Å². The van der Waals surface area contributed by atoms with Crippen molar-refractivity contribution in [1.29, 1.82) is 0 Å². The second kappa shape index (κ2) is 6.57. The van der Waals surface area contributed by atoms with E-state index in [0.29, 0.717) is 0 Å². The zero-order chi connectivity index (χ0) is 13.2. The normalized spacial score (nSPS) is 12.6. The average molecular weight is 314 g/mol. The van der Waals surface area contributed by atoms with E-state index in [2.05, 4.69) is 43.2 Å². The minimum absolute atomic E-state index is 0. The van der Waals surface area contributed by atoms with Crippen molar-refractivity contribution in [3.63, 3.8) is 0 Å². The lowest BCUT2D eigenvalue weighted by Crippen LogP contribution is -2.29. The predicted molar refractivity (Wildman–Crippen MR) is 88.0 cm³/mol. The minimum atomic E-state index is -1.52. The fourth-order valence-electron chi connectivity index (χ4n) is 1.73. The maximum Gasteiger partial charge on any atom is 0.242 e. The first-order valence-corrected chi connectivity index (χ1v) is 10.3. The van der Waals surface area contributed by atoms with Gasteiger partial charge in [-0.15, -0.1) is 23.7 Å². The van der Waals surface area contributed by atoms with Crippen molar-refractivity contribution in [2.24, 2.45) is 5.73 Å². The summed E-state index contributed by atoms with van der Waals surface area (Å²) in [5.74, 6) is 0.941. The van der Waals surface area contributed by atoms with E-state index in [4.69, 9.17) is 10.2 Å². The maximum atomic E-state index is 6.22. The Kier molecular flexibility index (Phi) is 5.61. The van der Waals surface area contributed by atoms with Crippen LogP contribution in [-0.2, 0) is 0 Å². The molecular weight excluding hydrogens is 294 g/mol. The van der Waals surface area contributed by atoms with Gasteiger partial charge in [-0.05, 0) is 48.8 Å². The van der Waals surface area contributed by atoms with Gasteiger partial charge < -0.3 is 10.2 Å². The van der Waals surface area contributed by atoms with E-state index < -0.39 is 8.32 Å². The Bertz CT molecular complexity index is 493. The van der Waals surface area contributed by atoms with Crippen LogP contribution in [0.15, 0.2) is 41.8 Å². The summed E-state index contributed by atoms with van der Waals surface area (Å²) in [6.45, 7) is 6.54. The zero-order valence-corrected chi connectivity index (χ0v) is 14.1. The van der Waals surface area contributed by atoms with Gasteiger partial charge in [-0.2, -0.15) is 0 Å². The molecule has 0 aliphatic rings. The first-order chi connectivity index (χ1) is 8.46. The Labute approximate surface area is 126 Å². The van der Waals surface area contributed by atoms with E-state index in [0.717, 1.165) is 11.3 Å². The molecule has 0 radical (unpaired) electrons. The van der Waals surface area contributed by atoms with Crippen LogP contribution in [0.5, 0.6) is 5.75 Å². The molecule has 104 valence electrons. The number of hydrogen-bond donors (Lipinski definition) is 1. The van der Waals surface area contributed by atoms with Gasteiger partial charge in [-0.25, -0.2) is 0 Å². The number of halogens is 1. The van der Waals surface area contributed by atoms with Crippen LogP contribution in [0.25, 0.3) is 0 Å². The molecular formula is C14H20ClNOSSi. The highest BCUT2D eigenvalue weighted by Gasteiger charge is 2.16. The van der Waals surface area contributed by atoms with E-state index >= 15 is 0 Å². The molecule has 2 rings (SSSR count). The summed E-state index contributed by atoms with van der Waals surface area (Å²) in [5.41, 5.74) is 7.34. The molecule has 0 saturated carbocycles. The van der Waals surface area contributed by atoms with Crippen molar-refractivity contribution in [1.82, 2.24) is 0 Å². The highest BCUT2D eigenvalue weighted by Crippen LogP contribution is 2.25. The lowest BCUT2D eigenvalue weighted by molar-refractivity contribution is 0.557. The molecule has 0 aliphatic carbocycles. The van der Waals surface area contributed by atoms with Crippen molar-refractivity contribution in [3.05, 3.63) is 52.2 Å². The summed E-state index contributed by atoms with van der Waals surface area (Å²) in [6, 6.07) is 12.2. The topological polar surface area (TPSA) is 35.2 Å². The number of thiophene rings is 1. The Balaban J connectivity index is 0.00000180. The summed E-state index contributed by atoms with van der Waals surface area (Å²) in [7, 11) is -1.52. The third-order valence-electron chi connectivity index (χ3n) is 2.51. The fraction of sp³-hybridized carbons (Fsp3) is 0.286. The molecule has 0 unspecified atom stereocenters. The summed E-state index contributed by atoms with van der Waals surface area (Å²) >= 11 is 1.69. The molecule has 2 nitrogen and oxygen atoms in total. The Morgan fingerprint density at radius 1 is 1.11 bits per heavy atom. The number of nitrogens with two attached hydrogens (primary N) is 1. The van der Waals surface area contributed by atoms with Crippen LogP contribution < -0.4 is 10.2 Å². The van der Waals surface area contributed by atoms with Crippen molar-refractivity contribution < 1.29 is 4.43 Å². The molecule has 1 aromatic carbocycles. The lowest BCUT2D eigenvalue weighted by Gasteiger charge is -2.19. The number of benzene rings is 1. The van der Waals surface area contributed by atoms with Gasteiger partial charge >= 0.3 is 0 Å². The second-order valence-corrected chi connectivity index (χ2v) is 10.7. The minimum Gasteiger partial charge on any atom is -0.544 e. The molecule has 0 amide bonds. The van der Waals surface area contributed by atoms with Gasteiger partial charge in [0.05, 0.1) is 6.04 Å². The summed E-state index contributed by atoms with van der Waals surface area (Å²) in [6.07, 6.45) is 0. The zero-order valence-electron chi connectivity index (χ0n) is 11.4. The molecule has 1 heterocycles. The molecule has 2 aromatic rings. The van der Waals surface area contributed by atoms with Gasteiger partial charge in [0.25, 0.3) is 0 Å². The highest BCUT2D eigenvalue weighted by atomic mass is 35.5. The average Bonchev–Trinajstić information content (AvgIpc) is 2.80. The van der Waals surface area contributed by atoms with Crippen LogP contribution in [0, 0.1) is 0 Å². The molecule has 5 heteroatoms.